The molecule has 0 amide bonds. The second kappa shape index (κ2) is 4.48. The van der Waals surface area contributed by atoms with Gasteiger partial charge in [0, 0.05) is 48.2 Å². The number of fused-ring (bicyclic) bond motifs is 2. The van der Waals surface area contributed by atoms with Crippen LogP contribution in [-0.2, 0) is 0 Å². The van der Waals surface area contributed by atoms with E-state index in [0.29, 0.717) is 0 Å². The number of benzene rings is 2. The minimum atomic E-state index is 0.918. The third-order valence-corrected chi connectivity index (χ3v) is 4.85. The molecule has 0 fully saturated rings. The van der Waals surface area contributed by atoms with Crippen molar-refractivity contribution in [1.82, 2.24) is 19.2 Å². The highest BCUT2D eigenvalue weighted by Gasteiger charge is 2.25. The van der Waals surface area contributed by atoms with E-state index in [0.717, 1.165) is 27.8 Å². The first-order valence-corrected chi connectivity index (χ1v) is 8.26. The zero-order valence-corrected chi connectivity index (χ0v) is 13.3. The third kappa shape index (κ3) is 1.57. The summed E-state index contributed by atoms with van der Waals surface area (Å²) in [6, 6.07) is 21.1. The van der Waals surface area contributed by atoms with Crippen LogP contribution in [-0.4, -0.2) is 19.2 Å². The smallest absolute Gasteiger partial charge is 0.238 e. The van der Waals surface area contributed by atoms with Crippen LogP contribution in [0.1, 0.15) is 0 Å². The molecule has 0 bridgehead atoms. The van der Waals surface area contributed by atoms with E-state index in [1.807, 2.05) is 29.2 Å². The number of hydrogen-bond donors (Lipinski definition) is 1. The van der Waals surface area contributed by atoms with Gasteiger partial charge in [0.1, 0.15) is 0 Å². The third-order valence-electron chi connectivity index (χ3n) is 4.85. The fraction of sp³-hybridized carbons (Fsp3) is 0. The fourth-order valence-corrected chi connectivity index (χ4v) is 3.86. The van der Waals surface area contributed by atoms with Crippen LogP contribution in [0.4, 0.5) is 0 Å². The lowest BCUT2D eigenvalue weighted by molar-refractivity contribution is -0.536. The van der Waals surface area contributed by atoms with E-state index in [1.165, 1.54) is 10.9 Å². The van der Waals surface area contributed by atoms with Crippen molar-refractivity contribution in [2.75, 3.05) is 0 Å². The molecule has 4 heterocycles. The fourth-order valence-electron chi connectivity index (χ4n) is 3.86. The minimum Gasteiger partial charge on any atom is -0.241 e. The molecular weight excluding hydrogens is 310 g/mol. The van der Waals surface area contributed by atoms with Gasteiger partial charge in [-0.25, -0.2) is 19.2 Å². The van der Waals surface area contributed by atoms with Gasteiger partial charge in [0.15, 0.2) is 11.2 Å². The summed E-state index contributed by atoms with van der Waals surface area (Å²) in [4.78, 5) is 4.57. The van der Waals surface area contributed by atoms with Gasteiger partial charge in [-0.1, -0.05) is 24.3 Å². The quantitative estimate of drug-likeness (QED) is 0.462. The van der Waals surface area contributed by atoms with Gasteiger partial charge in [-0.05, 0) is 12.1 Å². The number of aromatic nitrogens is 5. The van der Waals surface area contributed by atoms with Crippen LogP contribution in [0.3, 0.4) is 0 Å². The maximum atomic E-state index is 4.57. The standard InChI is InChI=1S/C20H14N5/c1-2-6-14(7-3-1)25-16-9-4-8-15-18(16)19-17(25)10-5-12-23(19)22-24-13-11-21-20(15)24/h1-13,22H/q+1. The Morgan fingerprint density at radius 3 is 2.60 bits per heavy atom. The minimum absolute atomic E-state index is 0.918. The average Bonchev–Trinajstić information content (AvgIpc) is 3.21. The highest BCUT2D eigenvalue weighted by Crippen LogP contribution is 2.30. The molecule has 25 heavy (non-hydrogen) atoms. The molecule has 0 aliphatic heterocycles. The average molecular weight is 324 g/mol. The van der Waals surface area contributed by atoms with Gasteiger partial charge in [-0.15, -0.1) is 0 Å². The van der Waals surface area contributed by atoms with Gasteiger partial charge in [0.05, 0.1) is 5.39 Å². The van der Waals surface area contributed by atoms with Gasteiger partial charge >= 0.3 is 0 Å². The van der Waals surface area contributed by atoms with Crippen LogP contribution in [0.15, 0.2) is 79.3 Å². The van der Waals surface area contributed by atoms with Gasteiger partial charge in [-0.2, -0.15) is 4.57 Å². The van der Waals surface area contributed by atoms with Crippen molar-refractivity contribution >= 4 is 33.0 Å². The summed E-state index contributed by atoms with van der Waals surface area (Å²) in [6.07, 6.45) is 5.81. The van der Waals surface area contributed by atoms with Crippen molar-refractivity contribution in [1.29, 1.82) is 0 Å². The second-order valence-electron chi connectivity index (χ2n) is 6.20. The molecule has 2 aromatic carbocycles. The van der Waals surface area contributed by atoms with Crippen LogP contribution < -0.4 is 4.57 Å². The monoisotopic (exact) mass is 324 g/mol. The Morgan fingerprint density at radius 1 is 0.800 bits per heavy atom. The highest BCUT2D eigenvalue weighted by atomic mass is 15.4. The van der Waals surface area contributed by atoms with Gasteiger partial charge in [-0.3, -0.25) is 0 Å². The van der Waals surface area contributed by atoms with Crippen LogP contribution >= 0.6 is 0 Å². The molecule has 4 aromatic heterocycles. The molecule has 0 atom stereocenters. The Hall–Kier alpha value is -3.60. The zero-order chi connectivity index (χ0) is 16.4. The number of nitrogens with one attached hydrogen (secondary N) is 1. The molecule has 6 aromatic rings. The summed E-state index contributed by atoms with van der Waals surface area (Å²) in [7, 11) is 0. The maximum Gasteiger partial charge on any atom is 0.238 e. The molecule has 0 spiro atoms. The van der Waals surface area contributed by atoms with E-state index < -0.39 is 0 Å². The Morgan fingerprint density at radius 2 is 1.68 bits per heavy atom. The van der Waals surface area contributed by atoms with E-state index in [4.69, 9.17) is 0 Å². The molecule has 6 rings (SSSR count). The lowest BCUT2D eigenvalue weighted by atomic mass is 10.1. The van der Waals surface area contributed by atoms with E-state index >= 15 is 0 Å². The Kier molecular flexibility index (Phi) is 2.29. The predicted molar refractivity (Wildman–Crippen MR) is 97.0 cm³/mol. The summed E-state index contributed by atoms with van der Waals surface area (Å²) in [5.74, 6) is 0. The molecule has 5 nitrogen and oxygen atoms in total. The lowest BCUT2D eigenvalue weighted by Gasteiger charge is -1.98. The summed E-state index contributed by atoms with van der Waals surface area (Å²) in [5, 5.41) is 5.76. The molecule has 5 heteroatoms. The summed E-state index contributed by atoms with van der Waals surface area (Å²) in [5.41, 5.74) is 5.57. The van der Waals surface area contributed by atoms with Crippen molar-refractivity contribution in [2.45, 2.75) is 0 Å². The SMILES string of the molecule is c1ccc(-[n+]2c3cccc4c3c3c2cccn3[nH]n2ccnc42)cc1. The van der Waals surface area contributed by atoms with Gasteiger partial charge in [0.25, 0.3) is 0 Å². The Labute approximate surface area is 142 Å². The normalized spacial score (nSPS) is 12.0. The molecule has 0 unspecified atom stereocenters. The summed E-state index contributed by atoms with van der Waals surface area (Å²) >= 11 is 0. The largest absolute Gasteiger partial charge is 0.241 e. The molecule has 118 valence electrons. The van der Waals surface area contributed by atoms with Crippen molar-refractivity contribution in [3.63, 3.8) is 0 Å². The summed E-state index contributed by atoms with van der Waals surface area (Å²) < 4.78 is 6.34. The number of H-pyrrole nitrogens is 1. The second-order valence-corrected chi connectivity index (χ2v) is 6.20. The number of nitrogens with zero attached hydrogens (tertiary/aromatic N) is 4. The number of para-hydroxylation sites is 1. The van der Waals surface area contributed by atoms with Crippen molar-refractivity contribution < 1.29 is 4.57 Å². The molecule has 0 saturated carbocycles. The topological polar surface area (TPSA) is 41.4 Å². The Bertz CT molecular complexity index is 1390. The molecule has 1 N–H and O–H groups in total. The first-order chi connectivity index (χ1) is 12.4. The van der Waals surface area contributed by atoms with Gasteiger partial charge < -0.3 is 0 Å². The number of aromatic amines is 1. The van der Waals surface area contributed by atoms with Crippen molar-refractivity contribution in [2.24, 2.45) is 0 Å². The Balaban J connectivity index is 2.00. The molecule has 0 aliphatic rings. The first kappa shape index (κ1) is 12.8. The lowest BCUT2D eigenvalue weighted by Crippen LogP contribution is -2.29. The number of rotatable bonds is 1. The number of pyridine rings is 1. The molecule has 0 aliphatic carbocycles. The van der Waals surface area contributed by atoms with E-state index in [1.54, 1.807) is 0 Å². The highest BCUT2D eigenvalue weighted by molar-refractivity contribution is 6.15. The number of hydrogen-bond acceptors (Lipinski definition) is 1. The summed E-state index contributed by atoms with van der Waals surface area (Å²) in [6.45, 7) is 0. The molecule has 0 radical (unpaired) electrons. The predicted octanol–water partition coefficient (Wildman–Crippen LogP) is 3.50. The van der Waals surface area contributed by atoms with E-state index in [2.05, 4.69) is 73.9 Å². The first-order valence-electron chi connectivity index (χ1n) is 8.26. The van der Waals surface area contributed by atoms with Crippen molar-refractivity contribution in [3.8, 4) is 5.69 Å². The zero-order valence-electron chi connectivity index (χ0n) is 13.3. The number of imidazole rings is 1. The maximum absolute atomic E-state index is 4.57. The molecule has 0 saturated heterocycles. The molecular formula is C20H14N5+. The van der Waals surface area contributed by atoms with Crippen molar-refractivity contribution in [3.05, 3.63) is 79.3 Å². The van der Waals surface area contributed by atoms with Crippen LogP contribution in [0.2, 0.25) is 0 Å². The van der Waals surface area contributed by atoms with Crippen LogP contribution in [0.5, 0.6) is 0 Å². The van der Waals surface area contributed by atoms with E-state index in [9.17, 15) is 0 Å². The van der Waals surface area contributed by atoms with Crippen LogP contribution in [0, 0.1) is 0 Å². The van der Waals surface area contributed by atoms with Crippen LogP contribution in [0.25, 0.3) is 38.7 Å². The van der Waals surface area contributed by atoms with E-state index in [-0.39, 0.29) is 0 Å². The van der Waals surface area contributed by atoms with Gasteiger partial charge in [0.2, 0.25) is 16.7 Å².